The molecule has 0 bridgehead atoms. The highest BCUT2D eigenvalue weighted by molar-refractivity contribution is 5.80. The van der Waals surface area contributed by atoms with E-state index >= 15 is 0 Å². The molecule has 0 saturated heterocycles. The summed E-state index contributed by atoms with van der Waals surface area (Å²) in [6, 6.07) is 15.8. The van der Waals surface area contributed by atoms with Crippen LogP contribution >= 0.6 is 0 Å². The van der Waals surface area contributed by atoms with E-state index in [1.165, 1.54) is 32.1 Å². The van der Waals surface area contributed by atoms with Crippen LogP contribution in [0.4, 0.5) is 0 Å². The van der Waals surface area contributed by atoms with Crippen LogP contribution in [0.1, 0.15) is 100 Å². The summed E-state index contributed by atoms with van der Waals surface area (Å²) in [4.78, 5) is 38.1. The minimum atomic E-state index is -0.599. The fourth-order valence-corrected chi connectivity index (χ4v) is 6.65. The molecule has 1 N–H and O–H groups in total. The lowest BCUT2D eigenvalue weighted by Crippen LogP contribution is -2.32. The molecule has 0 spiro atoms. The average Bonchev–Trinajstić information content (AvgIpc) is 3.74. The van der Waals surface area contributed by atoms with Gasteiger partial charge in [0.25, 0.3) is 5.56 Å². The molecular formula is C36H42N6O4. The second kappa shape index (κ2) is 13.4. The Hall–Kier alpha value is -4.60. The van der Waals surface area contributed by atoms with Crippen molar-refractivity contribution in [2.75, 3.05) is 0 Å². The van der Waals surface area contributed by atoms with Crippen LogP contribution in [0.25, 0.3) is 22.5 Å². The smallest absolute Gasteiger partial charge is 0.339 e. The minimum absolute atomic E-state index is 0.0747. The number of aromatic nitrogens is 6. The Kier molecular flexibility index (Phi) is 9.15. The number of unbranched alkanes of at least 4 members (excludes halogenated alkanes) is 1. The van der Waals surface area contributed by atoms with E-state index in [2.05, 4.69) is 36.1 Å². The zero-order valence-corrected chi connectivity index (χ0v) is 27.1. The van der Waals surface area contributed by atoms with Gasteiger partial charge < -0.3 is 4.52 Å². The molecule has 5 aromatic rings. The fourth-order valence-electron chi connectivity index (χ4n) is 6.65. The number of nitrogens with one attached hydrogen (secondary N) is 1. The Labute approximate surface area is 268 Å². The summed E-state index contributed by atoms with van der Waals surface area (Å²) in [7, 11) is 0. The van der Waals surface area contributed by atoms with Gasteiger partial charge in [0, 0.05) is 28.7 Å². The summed E-state index contributed by atoms with van der Waals surface area (Å²) in [6.07, 6.45) is 9.05. The fraction of sp³-hybridized carbons (Fsp3) is 0.444. The molecule has 1 aliphatic rings. The number of hydrogen-bond acceptors (Lipinski definition) is 8. The van der Waals surface area contributed by atoms with Gasteiger partial charge >= 0.3 is 5.76 Å². The zero-order valence-electron chi connectivity index (χ0n) is 27.1. The van der Waals surface area contributed by atoms with Gasteiger partial charge in [0.15, 0.2) is 11.6 Å². The molecule has 6 rings (SSSR count). The second-order valence-corrected chi connectivity index (χ2v) is 13.0. The van der Waals surface area contributed by atoms with E-state index in [1.807, 2.05) is 55.5 Å². The van der Waals surface area contributed by atoms with Crippen molar-refractivity contribution in [1.82, 2.24) is 29.8 Å². The average molecular weight is 623 g/mol. The molecule has 46 heavy (non-hydrogen) atoms. The van der Waals surface area contributed by atoms with Crippen molar-refractivity contribution >= 4 is 0 Å². The van der Waals surface area contributed by atoms with Crippen molar-refractivity contribution in [2.45, 2.75) is 97.4 Å². The molecular weight excluding hydrogens is 580 g/mol. The van der Waals surface area contributed by atoms with Crippen LogP contribution in [-0.4, -0.2) is 29.8 Å². The first-order chi connectivity index (χ1) is 22.2. The van der Waals surface area contributed by atoms with E-state index in [0.29, 0.717) is 41.9 Å². The highest BCUT2D eigenvalue weighted by Gasteiger charge is 2.36. The molecule has 240 valence electrons. The van der Waals surface area contributed by atoms with Crippen LogP contribution in [0, 0.1) is 12.8 Å². The molecule has 1 fully saturated rings. The van der Waals surface area contributed by atoms with E-state index in [0.717, 1.165) is 46.7 Å². The van der Waals surface area contributed by atoms with Gasteiger partial charge in [0.1, 0.15) is 5.82 Å². The molecule has 10 nitrogen and oxygen atoms in total. The van der Waals surface area contributed by atoms with E-state index in [1.54, 1.807) is 4.57 Å². The quantitative estimate of drug-likeness (QED) is 0.170. The molecule has 1 aliphatic carbocycles. The van der Waals surface area contributed by atoms with Crippen LogP contribution in [0.15, 0.2) is 67.2 Å². The van der Waals surface area contributed by atoms with Crippen molar-refractivity contribution in [2.24, 2.45) is 5.92 Å². The minimum Gasteiger partial charge on any atom is -0.339 e. The maximum absolute atomic E-state index is 14.1. The van der Waals surface area contributed by atoms with Crippen LogP contribution in [-0.2, 0) is 24.8 Å². The highest BCUT2D eigenvalue weighted by atomic mass is 16.5. The van der Waals surface area contributed by atoms with E-state index < -0.39 is 5.76 Å². The number of aromatic amines is 1. The lowest BCUT2D eigenvalue weighted by atomic mass is 9.70. The highest BCUT2D eigenvalue weighted by Crippen LogP contribution is 2.39. The molecule has 0 amide bonds. The third-order valence-electron chi connectivity index (χ3n) is 9.53. The van der Waals surface area contributed by atoms with Gasteiger partial charge in [-0.2, -0.15) is 4.98 Å². The third-order valence-corrected chi connectivity index (χ3v) is 9.53. The third kappa shape index (κ3) is 6.52. The van der Waals surface area contributed by atoms with Crippen LogP contribution < -0.4 is 11.3 Å². The molecule has 0 atom stereocenters. The predicted octanol–water partition coefficient (Wildman–Crippen LogP) is 6.78. The van der Waals surface area contributed by atoms with Crippen molar-refractivity contribution in [3.63, 3.8) is 0 Å². The number of aryl methyl sites for hydroxylation is 2. The maximum atomic E-state index is 14.1. The standard InChI is InChI=1S/C36H42N6O4/c1-5-6-16-30-37-23(2)29(21-31-38-34(41-45-31)36(3,4)26-12-8-7-9-13-26)33(43)42(30)22-24-17-19-25(20-18-24)27-14-10-11-15-28(27)32-39-35(44)46-40-32/h10-11,14-15,17-20,26H,5-9,12-13,16,21-22H2,1-4H3,(H,39,40,44). The summed E-state index contributed by atoms with van der Waals surface area (Å²) in [6.45, 7) is 8.84. The molecule has 10 heteroatoms. The SMILES string of the molecule is CCCCc1nc(C)c(Cc2nc(C(C)(C)C3CCCCC3)no2)c(=O)n1Cc1ccc(-c2ccccc2-c2noc(=O)[nH]2)cc1. The van der Waals surface area contributed by atoms with Gasteiger partial charge in [-0.15, -0.1) is 0 Å². The molecule has 2 aromatic carbocycles. The van der Waals surface area contributed by atoms with E-state index in [9.17, 15) is 9.59 Å². The number of hydrogen-bond donors (Lipinski definition) is 1. The second-order valence-electron chi connectivity index (χ2n) is 13.0. The first kappa shape index (κ1) is 31.4. The predicted molar refractivity (Wildman–Crippen MR) is 176 cm³/mol. The molecule has 3 heterocycles. The Morgan fingerprint density at radius 2 is 1.67 bits per heavy atom. The topological polar surface area (TPSA) is 133 Å². The molecule has 0 aliphatic heterocycles. The van der Waals surface area contributed by atoms with Crippen LogP contribution in [0.5, 0.6) is 0 Å². The number of benzene rings is 2. The van der Waals surface area contributed by atoms with Gasteiger partial charge in [0.2, 0.25) is 5.89 Å². The van der Waals surface area contributed by atoms with Crippen LogP contribution in [0.3, 0.4) is 0 Å². The lowest BCUT2D eigenvalue weighted by Gasteiger charge is -2.34. The summed E-state index contributed by atoms with van der Waals surface area (Å²) >= 11 is 0. The van der Waals surface area contributed by atoms with Crippen molar-refractivity contribution in [3.8, 4) is 22.5 Å². The number of H-pyrrole nitrogens is 1. The van der Waals surface area contributed by atoms with Gasteiger partial charge in [-0.1, -0.05) is 105 Å². The summed E-state index contributed by atoms with van der Waals surface area (Å²) in [5.41, 5.74) is 4.62. The largest absolute Gasteiger partial charge is 0.439 e. The summed E-state index contributed by atoms with van der Waals surface area (Å²) < 4.78 is 12.3. The normalized spacial score (nSPS) is 14.2. The summed E-state index contributed by atoms with van der Waals surface area (Å²) in [5, 5.41) is 8.25. The number of rotatable bonds is 11. The van der Waals surface area contributed by atoms with Crippen LogP contribution in [0.2, 0.25) is 0 Å². The van der Waals surface area contributed by atoms with Crippen molar-refractivity contribution < 1.29 is 9.05 Å². The van der Waals surface area contributed by atoms with Gasteiger partial charge in [-0.3, -0.25) is 18.9 Å². The Morgan fingerprint density at radius 1 is 0.935 bits per heavy atom. The first-order valence-electron chi connectivity index (χ1n) is 16.4. The van der Waals surface area contributed by atoms with Crippen molar-refractivity contribution in [3.05, 3.63) is 104 Å². The van der Waals surface area contributed by atoms with E-state index in [-0.39, 0.29) is 17.4 Å². The molecule has 0 unspecified atom stereocenters. The van der Waals surface area contributed by atoms with E-state index in [4.69, 9.17) is 19.0 Å². The number of nitrogens with zero attached hydrogens (tertiary/aromatic N) is 5. The van der Waals surface area contributed by atoms with Gasteiger partial charge in [-0.05, 0) is 48.8 Å². The zero-order chi connectivity index (χ0) is 32.3. The molecule has 0 radical (unpaired) electrons. The molecule has 1 saturated carbocycles. The first-order valence-corrected chi connectivity index (χ1v) is 16.4. The maximum Gasteiger partial charge on any atom is 0.439 e. The summed E-state index contributed by atoms with van der Waals surface area (Å²) in [5.74, 6) is 2.25. The van der Waals surface area contributed by atoms with Gasteiger partial charge in [0.05, 0.1) is 13.0 Å². The monoisotopic (exact) mass is 622 g/mol. The Balaban J connectivity index is 1.28. The molecule has 3 aromatic heterocycles. The lowest BCUT2D eigenvalue weighted by molar-refractivity contribution is 0.220. The van der Waals surface area contributed by atoms with Gasteiger partial charge in [-0.25, -0.2) is 9.78 Å². The van der Waals surface area contributed by atoms with Crippen molar-refractivity contribution in [1.29, 1.82) is 0 Å². The Bertz CT molecular complexity index is 1910. The Morgan fingerprint density at radius 3 is 2.37 bits per heavy atom.